The van der Waals surface area contributed by atoms with E-state index in [1.54, 1.807) is 6.08 Å². The molecule has 1 atom stereocenters. The van der Waals surface area contributed by atoms with Gasteiger partial charge in [0.15, 0.2) is 5.13 Å². The molecule has 0 radical (unpaired) electrons. The third kappa shape index (κ3) is 5.67. The number of carbonyl (C=O) groups is 1. The molecule has 1 heterocycles. The van der Waals surface area contributed by atoms with Crippen LogP contribution in [0.25, 0.3) is 17.3 Å². The molecule has 0 aliphatic rings. The number of hydrogen-bond acceptors (Lipinski definition) is 3. The van der Waals surface area contributed by atoms with Gasteiger partial charge in [-0.1, -0.05) is 83.1 Å². The molecule has 30 heavy (non-hydrogen) atoms. The van der Waals surface area contributed by atoms with E-state index in [9.17, 15) is 4.79 Å². The normalized spacial score (nSPS) is 12.8. The van der Waals surface area contributed by atoms with Crippen LogP contribution in [-0.2, 0) is 10.2 Å². The molecule has 0 fully saturated rings. The molecule has 1 aromatic heterocycles. The number of anilines is 1. The smallest absolute Gasteiger partial charge is 0.250 e. The Labute approximate surface area is 183 Å². The Balaban J connectivity index is 1.61. The second-order valence-corrected chi connectivity index (χ2v) is 9.52. The maximum atomic E-state index is 12.3. The topological polar surface area (TPSA) is 42.0 Å². The van der Waals surface area contributed by atoms with E-state index < -0.39 is 0 Å². The van der Waals surface area contributed by atoms with Gasteiger partial charge in [0, 0.05) is 17.0 Å². The minimum absolute atomic E-state index is 0.122. The van der Waals surface area contributed by atoms with Gasteiger partial charge in [-0.2, -0.15) is 0 Å². The number of benzene rings is 2. The van der Waals surface area contributed by atoms with Crippen molar-refractivity contribution in [3.63, 3.8) is 0 Å². The quantitative estimate of drug-likeness (QED) is 0.428. The molecule has 0 saturated heterocycles. The van der Waals surface area contributed by atoms with Crippen molar-refractivity contribution in [3.8, 4) is 11.3 Å². The van der Waals surface area contributed by atoms with Gasteiger partial charge in [-0.15, -0.1) is 11.3 Å². The standard InChI is InChI=1S/C26H30N2OS/c1-6-18(2)20-10-12-21(13-11-20)23-17-30-25(27-23)28-24(29)16-9-19-7-14-22(15-8-19)26(3,4)5/h7-18H,6H2,1-5H3,(H,27,28,29). The predicted molar refractivity (Wildman–Crippen MR) is 129 cm³/mol. The Morgan fingerprint density at radius 2 is 1.77 bits per heavy atom. The van der Waals surface area contributed by atoms with Crippen LogP contribution in [-0.4, -0.2) is 10.9 Å². The molecule has 2 aromatic carbocycles. The summed E-state index contributed by atoms with van der Waals surface area (Å²) in [6.45, 7) is 11.0. The van der Waals surface area contributed by atoms with Crippen molar-refractivity contribution in [2.45, 2.75) is 52.4 Å². The fraction of sp³-hybridized carbons (Fsp3) is 0.308. The second-order valence-electron chi connectivity index (χ2n) is 8.66. The molecule has 1 N–H and O–H groups in total. The maximum absolute atomic E-state index is 12.3. The number of thiazole rings is 1. The van der Waals surface area contributed by atoms with Gasteiger partial charge >= 0.3 is 0 Å². The number of hydrogen-bond donors (Lipinski definition) is 1. The Kier molecular flexibility index (Phi) is 6.88. The van der Waals surface area contributed by atoms with E-state index in [0.29, 0.717) is 11.0 Å². The Morgan fingerprint density at radius 3 is 2.37 bits per heavy atom. The lowest BCUT2D eigenvalue weighted by Gasteiger charge is -2.18. The molecule has 1 unspecified atom stereocenters. The first kappa shape index (κ1) is 22.0. The number of rotatable bonds is 6. The summed E-state index contributed by atoms with van der Waals surface area (Å²) in [5.41, 5.74) is 5.68. The van der Waals surface area contributed by atoms with Gasteiger partial charge in [-0.05, 0) is 40.5 Å². The lowest BCUT2D eigenvalue weighted by atomic mass is 9.87. The lowest BCUT2D eigenvalue weighted by Crippen LogP contribution is -2.10. The summed E-state index contributed by atoms with van der Waals surface area (Å²) in [7, 11) is 0. The van der Waals surface area contributed by atoms with Crippen molar-refractivity contribution in [1.82, 2.24) is 4.98 Å². The van der Waals surface area contributed by atoms with Gasteiger partial charge in [-0.25, -0.2) is 4.98 Å². The van der Waals surface area contributed by atoms with Gasteiger partial charge in [0.25, 0.3) is 0 Å². The highest BCUT2D eigenvalue weighted by Crippen LogP contribution is 2.27. The third-order valence-electron chi connectivity index (χ3n) is 5.33. The Bertz CT molecular complexity index is 1010. The molecule has 0 aliphatic heterocycles. The van der Waals surface area contributed by atoms with Crippen molar-refractivity contribution in [3.05, 3.63) is 76.7 Å². The van der Waals surface area contributed by atoms with Crippen molar-refractivity contribution in [1.29, 1.82) is 0 Å². The molecule has 4 heteroatoms. The number of carbonyl (C=O) groups excluding carboxylic acids is 1. The fourth-order valence-electron chi connectivity index (χ4n) is 3.10. The first-order valence-electron chi connectivity index (χ1n) is 10.4. The van der Waals surface area contributed by atoms with E-state index in [0.717, 1.165) is 23.2 Å². The number of nitrogens with one attached hydrogen (secondary N) is 1. The van der Waals surface area contributed by atoms with Crippen LogP contribution in [0, 0.1) is 0 Å². The summed E-state index contributed by atoms with van der Waals surface area (Å²) in [6, 6.07) is 16.8. The van der Waals surface area contributed by atoms with E-state index in [-0.39, 0.29) is 11.3 Å². The average molecular weight is 419 g/mol. The van der Waals surface area contributed by atoms with Gasteiger partial charge < -0.3 is 0 Å². The maximum Gasteiger partial charge on any atom is 0.250 e. The van der Waals surface area contributed by atoms with Gasteiger partial charge in [0.1, 0.15) is 0 Å². The minimum Gasteiger partial charge on any atom is -0.298 e. The molecule has 0 saturated carbocycles. The average Bonchev–Trinajstić information content (AvgIpc) is 3.20. The first-order valence-corrected chi connectivity index (χ1v) is 11.3. The van der Waals surface area contributed by atoms with Crippen LogP contribution in [0.5, 0.6) is 0 Å². The highest BCUT2D eigenvalue weighted by atomic mass is 32.1. The molecule has 156 valence electrons. The van der Waals surface area contributed by atoms with Crippen molar-refractivity contribution < 1.29 is 4.79 Å². The van der Waals surface area contributed by atoms with Crippen LogP contribution in [0.3, 0.4) is 0 Å². The predicted octanol–water partition coefficient (Wildman–Crippen LogP) is 7.27. The highest BCUT2D eigenvalue weighted by Gasteiger charge is 2.12. The molecular weight excluding hydrogens is 388 g/mol. The van der Waals surface area contributed by atoms with Crippen LogP contribution >= 0.6 is 11.3 Å². The summed E-state index contributed by atoms with van der Waals surface area (Å²) in [5, 5.41) is 5.44. The van der Waals surface area contributed by atoms with Crippen molar-refractivity contribution in [2.75, 3.05) is 5.32 Å². The van der Waals surface area contributed by atoms with Crippen LogP contribution < -0.4 is 5.32 Å². The van der Waals surface area contributed by atoms with Gasteiger partial charge in [0.05, 0.1) is 5.69 Å². The molecule has 3 aromatic rings. The zero-order chi connectivity index (χ0) is 21.7. The lowest BCUT2D eigenvalue weighted by molar-refractivity contribution is -0.111. The third-order valence-corrected chi connectivity index (χ3v) is 6.08. The second kappa shape index (κ2) is 9.40. The van der Waals surface area contributed by atoms with E-state index in [4.69, 9.17) is 0 Å². The molecule has 3 nitrogen and oxygen atoms in total. The Hall–Kier alpha value is -2.72. The first-order chi connectivity index (χ1) is 14.3. The van der Waals surface area contributed by atoms with Crippen LogP contribution in [0.15, 0.2) is 60.0 Å². The molecule has 3 rings (SSSR count). The number of aromatic nitrogens is 1. The van der Waals surface area contributed by atoms with Crippen LogP contribution in [0.1, 0.15) is 63.6 Å². The summed E-state index contributed by atoms with van der Waals surface area (Å²) in [4.78, 5) is 16.8. The molecule has 0 spiro atoms. The largest absolute Gasteiger partial charge is 0.298 e. The highest BCUT2D eigenvalue weighted by molar-refractivity contribution is 7.14. The van der Waals surface area contributed by atoms with Gasteiger partial charge in [0.2, 0.25) is 5.91 Å². The monoisotopic (exact) mass is 418 g/mol. The number of nitrogens with zero attached hydrogens (tertiary/aromatic N) is 1. The van der Waals surface area contributed by atoms with Gasteiger partial charge in [-0.3, -0.25) is 10.1 Å². The van der Waals surface area contributed by atoms with Crippen LogP contribution in [0.2, 0.25) is 0 Å². The summed E-state index contributed by atoms with van der Waals surface area (Å²) in [5.74, 6) is 0.378. The van der Waals surface area contributed by atoms with Crippen molar-refractivity contribution in [2.24, 2.45) is 0 Å². The minimum atomic E-state index is -0.178. The van der Waals surface area contributed by atoms with Crippen molar-refractivity contribution >= 4 is 28.5 Å². The summed E-state index contributed by atoms with van der Waals surface area (Å²) in [6.07, 6.45) is 4.50. The molecular formula is C26H30N2OS. The SMILES string of the molecule is CCC(C)c1ccc(-c2csc(NC(=O)C=Cc3ccc(C(C)(C)C)cc3)n2)cc1. The Morgan fingerprint density at radius 1 is 1.10 bits per heavy atom. The number of amides is 1. The summed E-state index contributed by atoms with van der Waals surface area (Å²) >= 11 is 1.44. The fourth-order valence-corrected chi connectivity index (χ4v) is 3.82. The van der Waals surface area contributed by atoms with E-state index in [1.165, 1.54) is 22.5 Å². The molecule has 0 bridgehead atoms. The molecule has 1 amide bonds. The zero-order valence-corrected chi connectivity index (χ0v) is 19.2. The van der Waals surface area contributed by atoms with E-state index in [2.05, 4.69) is 81.3 Å². The van der Waals surface area contributed by atoms with Crippen LogP contribution in [0.4, 0.5) is 5.13 Å². The zero-order valence-electron chi connectivity index (χ0n) is 18.4. The van der Waals surface area contributed by atoms with E-state index in [1.807, 2.05) is 23.6 Å². The summed E-state index contributed by atoms with van der Waals surface area (Å²) < 4.78 is 0. The molecule has 0 aliphatic carbocycles. The van der Waals surface area contributed by atoms with E-state index >= 15 is 0 Å².